The predicted molar refractivity (Wildman–Crippen MR) is 85.4 cm³/mol. The lowest BCUT2D eigenvalue weighted by Crippen LogP contribution is -2.33. The zero-order chi connectivity index (χ0) is 13.9. The number of hydrogen-bond donors (Lipinski definition) is 2. The lowest BCUT2D eigenvalue weighted by molar-refractivity contribution is -0.122. The number of imidazole rings is 1. The van der Waals surface area contributed by atoms with Crippen LogP contribution in [0, 0.1) is 17.8 Å². The maximum Gasteiger partial charge on any atom is 0.223 e. The minimum atomic E-state index is 0. The summed E-state index contributed by atoms with van der Waals surface area (Å²) in [6, 6.07) is 0. The molecule has 2 aliphatic carbocycles. The lowest BCUT2D eigenvalue weighted by Gasteiger charge is -2.27. The average molecular weight is 312 g/mol. The second-order valence-electron chi connectivity index (χ2n) is 6.56. The average Bonchev–Trinajstić information content (AvgIpc) is 3.11. The van der Waals surface area contributed by atoms with Gasteiger partial charge >= 0.3 is 0 Å². The Bertz CT molecular complexity index is 442. The lowest BCUT2D eigenvalue weighted by atomic mass is 9.81. The standard InChI is InChI=1S/C16H25N3O.ClH/c1-11(12-5-3-2-4-6-12)8-18-16(20)14-7-13(14)15-9-17-10-19-15;/h9-14H,2-8H2,1H3,(H,17,19)(H,18,20);1H/t11?,13-,14-;/m0./s1. The third kappa shape index (κ3) is 4.00. The highest BCUT2D eigenvalue weighted by Crippen LogP contribution is 2.46. The molecule has 1 aromatic heterocycles. The molecule has 2 aliphatic rings. The quantitative estimate of drug-likeness (QED) is 0.877. The largest absolute Gasteiger partial charge is 0.356 e. The topological polar surface area (TPSA) is 57.8 Å². The first-order chi connectivity index (χ1) is 9.75. The van der Waals surface area contributed by atoms with Gasteiger partial charge in [0.15, 0.2) is 0 Å². The van der Waals surface area contributed by atoms with Crippen LogP contribution in [0.25, 0.3) is 0 Å². The molecule has 0 bridgehead atoms. The van der Waals surface area contributed by atoms with Crippen molar-refractivity contribution in [1.29, 1.82) is 0 Å². The van der Waals surface area contributed by atoms with Gasteiger partial charge in [-0.05, 0) is 18.3 Å². The second-order valence-corrected chi connectivity index (χ2v) is 6.56. The fraction of sp³-hybridized carbons (Fsp3) is 0.750. The second kappa shape index (κ2) is 7.30. The van der Waals surface area contributed by atoms with Gasteiger partial charge in [0.05, 0.1) is 12.0 Å². The number of carbonyl (C=O) groups is 1. The molecule has 2 N–H and O–H groups in total. The van der Waals surface area contributed by atoms with Crippen LogP contribution >= 0.6 is 12.4 Å². The van der Waals surface area contributed by atoms with Crippen molar-refractivity contribution < 1.29 is 4.79 Å². The van der Waals surface area contributed by atoms with Crippen LogP contribution in [0.15, 0.2) is 12.5 Å². The van der Waals surface area contributed by atoms with Gasteiger partial charge < -0.3 is 10.3 Å². The molecular weight excluding hydrogens is 286 g/mol. The van der Waals surface area contributed by atoms with E-state index >= 15 is 0 Å². The Morgan fingerprint density at radius 1 is 1.43 bits per heavy atom. The van der Waals surface area contributed by atoms with Gasteiger partial charge in [0.2, 0.25) is 5.91 Å². The van der Waals surface area contributed by atoms with E-state index in [1.165, 1.54) is 32.1 Å². The van der Waals surface area contributed by atoms with Crippen LogP contribution in [0.4, 0.5) is 0 Å². The molecule has 2 fully saturated rings. The van der Waals surface area contributed by atoms with E-state index in [9.17, 15) is 4.79 Å². The molecule has 0 aromatic carbocycles. The number of carbonyl (C=O) groups excluding carboxylic acids is 1. The molecule has 3 rings (SSSR count). The van der Waals surface area contributed by atoms with Gasteiger partial charge in [-0.15, -0.1) is 12.4 Å². The molecule has 1 amide bonds. The summed E-state index contributed by atoms with van der Waals surface area (Å²) in [4.78, 5) is 19.4. The highest BCUT2D eigenvalue weighted by Gasteiger charge is 2.45. The van der Waals surface area contributed by atoms with Gasteiger partial charge in [-0.1, -0.05) is 39.0 Å². The molecule has 3 atom stereocenters. The smallest absolute Gasteiger partial charge is 0.223 e. The first kappa shape index (κ1) is 16.3. The summed E-state index contributed by atoms with van der Waals surface area (Å²) >= 11 is 0. The monoisotopic (exact) mass is 311 g/mol. The van der Waals surface area contributed by atoms with Crippen molar-refractivity contribution in [3.63, 3.8) is 0 Å². The number of H-pyrrole nitrogens is 1. The van der Waals surface area contributed by atoms with Crippen molar-refractivity contribution in [1.82, 2.24) is 15.3 Å². The fourth-order valence-electron chi connectivity index (χ4n) is 3.55. The minimum absolute atomic E-state index is 0. The van der Waals surface area contributed by atoms with Crippen molar-refractivity contribution in [2.75, 3.05) is 6.54 Å². The molecule has 2 saturated carbocycles. The summed E-state index contributed by atoms with van der Waals surface area (Å²) in [5.41, 5.74) is 1.03. The number of aromatic nitrogens is 2. The Balaban J connectivity index is 0.00000161. The van der Waals surface area contributed by atoms with Crippen LogP contribution in [0.3, 0.4) is 0 Å². The molecule has 4 nitrogen and oxygen atoms in total. The first-order valence-corrected chi connectivity index (χ1v) is 8.02. The molecule has 1 aromatic rings. The van der Waals surface area contributed by atoms with Gasteiger partial charge in [0.25, 0.3) is 0 Å². The maximum absolute atomic E-state index is 12.1. The molecule has 5 heteroatoms. The Labute approximate surface area is 132 Å². The molecule has 0 aliphatic heterocycles. The Hall–Kier alpha value is -1.03. The predicted octanol–water partition coefficient (Wildman–Crippen LogP) is 3.27. The van der Waals surface area contributed by atoms with Crippen molar-refractivity contribution in [3.05, 3.63) is 18.2 Å². The molecule has 118 valence electrons. The number of halogens is 1. The van der Waals surface area contributed by atoms with E-state index in [0.717, 1.165) is 24.6 Å². The van der Waals surface area contributed by atoms with Gasteiger partial charge in [-0.3, -0.25) is 4.79 Å². The first-order valence-electron chi connectivity index (χ1n) is 8.02. The zero-order valence-electron chi connectivity index (χ0n) is 12.7. The van der Waals surface area contributed by atoms with E-state index in [-0.39, 0.29) is 24.2 Å². The molecule has 21 heavy (non-hydrogen) atoms. The molecular formula is C16H26ClN3O. The van der Waals surface area contributed by atoms with Crippen LogP contribution in [-0.4, -0.2) is 22.4 Å². The van der Waals surface area contributed by atoms with Crippen LogP contribution in [-0.2, 0) is 4.79 Å². The van der Waals surface area contributed by atoms with Gasteiger partial charge in [0.1, 0.15) is 0 Å². The van der Waals surface area contributed by atoms with Crippen molar-refractivity contribution in [3.8, 4) is 0 Å². The SMILES string of the molecule is CC(CNC(=O)[C@H]1C[C@@H]1c1c[nH]cn1)C1CCCCC1.Cl. The molecule has 0 spiro atoms. The van der Waals surface area contributed by atoms with Crippen molar-refractivity contribution >= 4 is 18.3 Å². The van der Waals surface area contributed by atoms with Crippen molar-refractivity contribution in [2.45, 2.75) is 51.4 Å². The van der Waals surface area contributed by atoms with Crippen LogP contribution in [0.2, 0.25) is 0 Å². The van der Waals surface area contributed by atoms with Crippen LogP contribution < -0.4 is 5.32 Å². The van der Waals surface area contributed by atoms with E-state index in [4.69, 9.17) is 0 Å². The minimum Gasteiger partial charge on any atom is -0.356 e. The van der Waals surface area contributed by atoms with E-state index in [2.05, 4.69) is 22.2 Å². The highest BCUT2D eigenvalue weighted by molar-refractivity contribution is 5.85. The fourth-order valence-corrected chi connectivity index (χ4v) is 3.55. The van der Waals surface area contributed by atoms with Gasteiger partial charge in [0, 0.05) is 24.6 Å². The maximum atomic E-state index is 12.1. The van der Waals surface area contributed by atoms with Crippen molar-refractivity contribution in [2.24, 2.45) is 17.8 Å². The third-order valence-corrected chi connectivity index (χ3v) is 5.08. The highest BCUT2D eigenvalue weighted by atomic mass is 35.5. The Kier molecular flexibility index (Phi) is 5.68. The van der Waals surface area contributed by atoms with Crippen LogP contribution in [0.5, 0.6) is 0 Å². The van der Waals surface area contributed by atoms with E-state index in [0.29, 0.717) is 11.8 Å². The van der Waals surface area contributed by atoms with E-state index in [1.54, 1.807) is 6.33 Å². The summed E-state index contributed by atoms with van der Waals surface area (Å²) < 4.78 is 0. The number of hydrogen-bond acceptors (Lipinski definition) is 2. The molecule has 0 radical (unpaired) electrons. The molecule has 1 heterocycles. The number of nitrogens with zero attached hydrogens (tertiary/aromatic N) is 1. The third-order valence-electron chi connectivity index (χ3n) is 5.08. The van der Waals surface area contributed by atoms with E-state index in [1.807, 2.05) is 6.20 Å². The zero-order valence-corrected chi connectivity index (χ0v) is 13.5. The van der Waals surface area contributed by atoms with Gasteiger partial charge in [-0.25, -0.2) is 4.98 Å². The van der Waals surface area contributed by atoms with Crippen LogP contribution in [0.1, 0.15) is 57.1 Å². The Morgan fingerprint density at radius 2 is 2.19 bits per heavy atom. The van der Waals surface area contributed by atoms with E-state index < -0.39 is 0 Å². The summed E-state index contributed by atoms with van der Waals surface area (Å²) in [7, 11) is 0. The summed E-state index contributed by atoms with van der Waals surface area (Å²) in [6.07, 6.45) is 11.4. The summed E-state index contributed by atoms with van der Waals surface area (Å²) in [5, 5.41) is 3.16. The molecule has 0 saturated heterocycles. The molecule has 1 unspecified atom stereocenters. The summed E-state index contributed by atoms with van der Waals surface area (Å²) in [5.74, 6) is 2.14. The Morgan fingerprint density at radius 3 is 2.86 bits per heavy atom. The number of nitrogens with one attached hydrogen (secondary N) is 2. The number of aromatic amines is 1. The number of rotatable bonds is 5. The van der Waals surface area contributed by atoms with Gasteiger partial charge in [-0.2, -0.15) is 0 Å². The normalized spacial score (nSPS) is 26.7. The summed E-state index contributed by atoms with van der Waals surface area (Å²) in [6.45, 7) is 3.13. The number of amides is 1.